The van der Waals surface area contributed by atoms with Crippen molar-refractivity contribution in [1.29, 1.82) is 0 Å². The fourth-order valence-corrected chi connectivity index (χ4v) is 3.83. The van der Waals surface area contributed by atoms with Gasteiger partial charge in [-0.2, -0.15) is 0 Å². The molecule has 3 heterocycles. The predicted molar refractivity (Wildman–Crippen MR) is 118 cm³/mol. The largest absolute Gasteiger partial charge is 0.490 e. The molecule has 0 amide bonds. The maximum Gasteiger partial charge on any atom is 0.330 e. The van der Waals surface area contributed by atoms with E-state index in [-0.39, 0.29) is 6.54 Å². The van der Waals surface area contributed by atoms with Gasteiger partial charge in [0.15, 0.2) is 11.5 Å². The first-order valence-corrected chi connectivity index (χ1v) is 10.2. The van der Waals surface area contributed by atoms with E-state index >= 15 is 0 Å². The number of nitrogens with one attached hydrogen (secondary N) is 1. The molecule has 4 aromatic rings. The molecule has 0 unspecified atom stereocenters. The Kier molecular flexibility index (Phi) is 4.95. The average Bonchev–Trinajstić information content (AvgIpc) is 3.02. The van der Waals surface area contributed by atoms with Gasteiger partial charge in [0.1, 0.15) is 5.65 Å². The summed E-state index contributed by atoms with van der Waals surface area (Å²) < 4.78 is 12.9. The van der Waals surface area contributed by atoms with Crippen LogP contribution < -0.4 is 20.7 Å². The fraction of sp³-hybridized carbons (Fsp3) is 0.174. The van der Waals surface area contributed by atoms with Crippen LogP contribution in [0.3, 0.4) is 0 Å². The van der Waals surface area contributed by atoms with E-state index in [1.165, 1.54) is 4.57 Å². The summed E-state index contributed by atoms with van der Waals surface area (Å²) in [5.74, 6) is 1.33. The topological polar surface area (TPSA) is 86.2 Å². The van der Waals surface area contributed by atoms with Crippen molar-refractivity contribution < 1.29 is 9.47 Å². The zero-order valence-electron chi connectivity index (χ0n) is 16.4. The zero-order valence-corrected chi connectivity index (χ0v) is 17.2. The number of benzene rings is 2. The first-order valence-electron chi connectivity index (χ1n) is 9.86. The highest BCUT2D eigenvalue weighted by Crippen LogP contribution is 2.31. The first-order chi connectivity index (χ1) is 15.1. The maximum atomic E-state index is 12.7. The minimum atomic E-state index is -0.523. The lowest BCUT2D eigenvalue weighted by Crippen LogP contribution is -2.31. The van der Waals surface area contributed by atoms with Gasteiger partial charge in [-0.3, -0.25) is 14.3 Å². The Morgan fingerprint density at radius 2 is 1.77 bits per heavy atom. The van der Waals surface area contributed by atoms with E-state index in [2.05, 4.69) is 9.97 Å². The van der Waals surface area contributed by atoms with Gasteiger partial charge in [-0.25, -0.2) is 9.78 Å². The summed E-state index contributed by atoms with van der Waals surface area (Å²) >= 11 is 6.00. The Hall–Kier alpha value is -3.58. The van der Waals surface area contributed by atoms with Crippen LogP contribution in [0.15, 0.2) is 64.3 Å². The zero-order chi connectivity index (χ0) is 21.4. The van der Waals surface area contributed by atoms with Crippen LogP contribution in [-0.2, 0) is 6.54 Å². The van der Waals surface area contributed by atoms with E-state index in [1.807, 2.05) is 30.3 Å². The van der Waals surface area contributed by atoms with Crippen molar-refractivity contribution in [3.05, 3.63) is 86.2 Å². The normalized spacial score (nSPS) is 13.2. The highest BCUT2D eigenvalue weighted by atomic mass is 35.5. The summed E-state index contributed by atoms with van der Waals surface area (Å²) in [4.78, 5) is 32.2. The predicted octanol–water partition coefficient (Wildman–Crippen LogP) is 3.61. The standard InChI is InChI=1S/C23H18ClN3O4/c24-16-5-3-15(4-6-16)17-8-9-25-21-20(17)22(28)26-23(29)27(21)13-14-2-7-18-19(12-14)31-11-1-10-30-18/h2-9,12H,1,10-11,13H2,(H,26,28,29). The third kappa shape index (κ3) is 3.68. The van der Waals surface area contributed by atoms with E-state index in [9.17, 15) is 9.59 Å². The van der Waals surface area contributed by atoms with Gasteiger partial charge in [0.25, 0.3) is 5.56 Å². The molecule has 0 atom stereocenters. The molecule has 5 rings (SSSR count). The van der Waals surface area contributed by atoms with Crippen molar-refractivity contribution >= 4 is 22.6 Å². The molecule has 0 spiro atoms. The molecule has 0 radical (unpaired) electrons. The van der Waals surface area contributed by atoms with Crippen molar-refractivity contribution in [2.24, 2.45) is 0 Å². The van der Waals surface area contributed by atoms with Gasteiger partial charge < -0.3 is 9.47 Å². The fourth-order valence-electron chi connectivity index (χ4n) is 3.71. The van der Waals surface area contributed by atoms with Gasteiger partial charge in [0, 0.05) is 17.6 Å². The summed E-state index contributed by atoms with van der Waals surface area (Å²) in [6.45, 7) is 1.40. The van der Waals surface area contributed by atoms with Gasteiger partial charge in [0.05, 0.1) is 25.1 Å². The van der Waals surface area contributed by atoms with Crippen LogP contribution in [0.2, 0.25) is 5.02 Å². The van der Waals surface area contributed by atoms with Crippen LogP contribution in [0.4, 0.5) is 0 Å². The Balaban J connectivity index is 1.64. The minimum Gasteiger partial charge on any atom is -0.490 e. The highest BCUT2D eigenvalue weighted by Gasteiger charge is 2.16. The molecular weight excluding hydrogens is 418 g/mol. The number of aromatic nitrogens is 3. The summed E-state index contributed by atoms with van der Waals surface area (Å²) in [7, 11) is 0. The van der Waals surface area contributed by atoms with Crippen LogP contribution in [0.5, 0.6) is 11.5 Å². The van der Waals surface area contributed by atoms with Crippen LogP contribution >= 0.6 is 11.6 Å². The van der Waals surface area contributed by atoms with Crippen LogP contribution in [-0.4, -0.2) is 27.7 Å². The maximum absolute atomic E-state index is 12.7. The molecule has 0 fully saturated rings. The molecule has 2 aromatic heterocycles. The van der Waals surface area contributed by atoms with Crippen molar-refractivity contribution in [2.45, 2.75) is 13.0 Å². The average molecular weight is 436 g/mol. The molecule has 0 aliphatic carbocycles. The lowest BCUT2D eigenvalue weighted by Gasteiger charge is -2.13. The number of H-pyrrole nitrogens is 1. The SMILES string of the molecule is O=c1[nH]c(=O)n(Cc2ccc3c(c2)OCCCO3)c2nccc(-c3ccc(Cl)cc3)c12. The van der Waals surface area contributed by atoms with Gasteiger partial charge in [-0.15, -0.1) is 0 Å². The Labute approximate surface area is 181 Å². The van der Waals surface area contributed by atoms with Crippen molar-refractivity contribution in [1.82, 2.24) is 14.5 Å². The van der Waals surface area contributed by atoms with Gasteiger partial charge in [-0.05, 0) is 47.0 Å². The number of halogens is 1. The third-order valence-corrected chi connectivity index (χ3v) is 5.44. The number of hydrogen-bond acceptors (Lipinski definition) is 5. The number of aromatic amines is 1. The van der Waals surface area contributed by atoms with E-state index in [0.717, 1.165) is 17.5 Å². The highest BCUT2D eigenvalue weighted by molar-refractivity contribution is 6.30. The molecule has 31 heavy (non-hydrogen) atoms. The molecule has 156 valence electrons. The molecule has 8 heteroatoms. The Morgan fingerprint density at radius 3 is 2.58 bits per heavy atom. The number of rotatable bonds is 3. The van der Waals surface area contributed by atoms with E-state index in [1.54, 1.807) is 24.4 Å². The van der Waals surface area contributed by atoms with Gasteiger partial charge >= 0.3 is 5.69 Å². The number of nitrogens with zero attached hydrogens (tertiary/aromatic N) is 2. The summed E-state index contributed by atoms with van der Waals surface area (Å²) in [5.41, 5.74) is 1.63. The van der Waals surface area contributed by atoms with E-state index in [0.29, 0.717) is 46.3 Å². The van der Waals surface area contributed by atoms with Crippen LogP contribution in [0, 0.1) is 0 Å². The second-order valence-corrected chi connectivity index (χ2v) is 7.68. The number of ether oxygens (including phenoxy) is 2. The number of pyridine rings is 1. The molecule has 7 nitrogen and oxygen atoms in total. The summed E-state index contributed by atoms with van der Waals surface area (Å²) in [6, 6.07) is 14.5. The van der Waals surface area contributed by atoms with Crippen molar-refractivity contribution in [2.75, 3.05) is 13.2 Å². The monoisotopic (exact) mass is 435 g/mol. The van der Waals surface area contributed by atoms with Gasteiger partial charge in [-0.1, -0.05) is 29.8 Å². The van der Waals surface area contributed by atoms with Crippen LogP contribution in [0.1, 0.15) is 12.0 Å². The second kappa shape index (κ2) is 7.92. The molecule has 0 bridgehead atoms. The third-order valence-electron chi connectivity index (χ3n) is 5.19. The van der Waals surface area contributed by atoms with Gasteiger partial charge in [0.2, 0.25) is 0 Å². The first kappa shape index (κ1) is 19.4. The number of fused-ring (bicyclic) bond motifs is 2. The molecule has 1 aliphatic rings. The van der Waals surface area contributed by atoms with E-state index < -0.39 is 11.2 Å². The Bertz CT molecular complexity index is 1390. The molecule has 0 saturated carbocycles. The quantitative estimate of drug-likeness (QED) is 0.531. The Morgan fingerprint density at radius 1 is 1.00 bits per heavy atom. The van der Waals surface area contributed by atoms with E-state index in [4.69, 9.17) is 21.1 Å². The minimum absolute atomic E-state index is 0.222. The molecular formula is C23H18ClN3O4. The lowest BCUT2D eigenvalue weighted by atomic mass is 10.0. The van der Waals surface area contributed by atoms with Crippen LogP contribution in [0.25, 0.3) is 22.2 Å². The van der Waals surface area contributed by atoms with Crippen molar-refractivity contribution in [3.8, 4) is 22.6 Å². The summed E-state index contributed by atoms with van der Waals surface area (Å²) in [6.07, 6.45) is 2.40. The lowest BCUT2D eigenvalue weighted by molar-refractivity contribution is 0.297. The molecule has 0 saturated heterocycles. The number of hydrogen-bond donors (Lipinski definition) is 1. The second-order valence-electron chi connectivity index (χ2n) is 7.24. The summed E-state index contributed by atoms with van der Waals surface area (Å²) in [5, 5.41) is 0.945. The molecule has 1 aliphatic heterocycles. The van der Waals surface area contributed by atoms with Crippen molar-refractivity contribution in [3.63, 3.8) is 0 Å². The molecule has 1 N–H and O–H groups in total. The molecule has 2 aromatic carbocycles. The smallest absolute Gasteiger partial charge is 0.330 e.